The van der Waals surface area contributed by atoms with Gasteiger partial charge >= 0.3 is 0 Å². The van der Waals surface area contributed by atoms with Crippen molar-refractivity contribution in [3.05, 3.63) is 54.1 Å². The Hall–Kier alpha value is -2.42. The zero-order valence-corrected chi connectivity index (χ0v) is 19.5. The molecule has 2 aliphatic rings. The van der Waals surface area contributed by atoms with E-state index in [1.54, 1.807) is 16.4 Å². The van der Waals surface area contributed by atoms with Crippen LogP contribution in [0.3, 0.4) is 0 Å². The molecule has 1 amide bonds. The molecule has 7 nitrogen and oxygen atoms in total. The molecule has 1 N–H and O–H groups in total. The first-order valence-corrected chi connectivity index (χ1v) is 12.6. The molecule has 32 heavy (non-hydrogen) atoms. The second-order valence-electron chi connectivity index (χ2n) is 8.89. The van der Waals surface area contributed by atoms with E-state index in [4.69, 9.17) is 4.74 Å². The molecule has 2 aliphatic heterocycles. The van der Waals surface area contributed by atoms with E-state index in [-0.39, 0.29) is 10.8 Å². The first-order chi connectivity index (χ1) is 15.3. The van der Waals surface area contributed by atoms with Crippen LogP contribution in [0.25, 0.3) is 0 Å². The van der Waals surface area contributed by atoms with E-state index < -0.39 is 10.0 Å². The van der Waals surface area contributed by atoms with Crippen LogP contribution in [0, 0.1) is 11.8 Å². The minimum absolute atomic E-state index is 0.227. The lowest BCUT2D eigenvalue weighted by Gasteiger charge is -2.34. The molecule has 172 valence electrons. The molecule has 0 spiro atoms. The summed E-state index contributed by atoms with van der Waals surface area (Å²) in [6.45, 7) is 8.40. The van der Waals surface area contributed by atoms with Crippen LogP contribution in [0.4, 0.5) is 11.4 Å². The van der Waals surface area contributed by atoms with Gasteiger partial charge in [-0.25, -0.2) is 8.42 Å². The molecule has 2 saturated heterocycles. The average molecular weight is 458 g/mol. The van der Waals surface area contributed by atoms with Crippen LogP contribution in [-0.4, -0.2) is 58.0 Å². The number of carbonyl (C=O) groups excluding carboxylic acids is 1. The van der Waals surface area contributed by atoms with Crippen molar-refractivity contribution in [1.82, 2.24) is 4.31 Å². The van der Waals surface area contributed by atoms with Crippen LogP contribution in [0.5, 0.6) is 0 Å². The molecular formula is C24H31N3O4S. The average Bonchev–Trinajstić information content (AvgIpc) is 2.79. The number of ether oxygens (including phenoxy) is 1. The molecule has 2 aromatic carbocycles. The fourth-order valence-corrected chi connectivity index (χ4v) is 6.19. The number of hydrogen-bond acceptors (Lipinski definition) is 5. The number of morpholine rings is 1. The standard InChI is InChI=1S/C24H31N3O4S/c1-18-15-19(2)17-27(16-18)32(29,30)23-9-3-20(4-10-23)24(28)25-21-5-7-22(8-6-21)26-11-13-31-14-12-26/h3-10,18-19H,11-17H2,1-2H3,(H,25,28)/t18-,19+. The number of hydrogen-bond donors (Lipinski definition) is 1. The maximum absolute atomic E-state index is 13.0. The predicted molar refractivity (Wildman–Crippen MR) is 126 cm³/mol. The van der Waals surface area contributed by atoms with Crippen molar-refractivity contribution < 1.29 is 17.9 Å². The largest absolute Gasteiger partial charge is 0.378 e. The van der Waals surface area contributed by atoms with Crippen molar-refractivity contribution in [2.75, 3.05) is 49.6 Å². The molecule has 0 unspecified atom stereocenters. The van der Waals surface area contributed by atoms with Crippen LogP contribution >= 0.6 is 0 Å². The van der Waals surface area contributed by atoms with Crippen LogP contribution in [0.1, 0.15) is 30.6 Å². The first-order valence-electron chi connectivity index (χ1n) is 11.2. The topological polar surface area (TPSA) is 79.0 Å². The van der Waals surface area contributed by atoms with Crippen molar-refractivity contribution in [2.24, 2.45) is 11.8 Å². The number of piperidine rings is 1. The summed E-state index contributed by atoms with van der Waals surface area (Å²) in [7, 11) is -3.56. The Labute approximate surface area is 190 Å². The second kappa shape index (κ2) is 9.60. The van der Waals surface area contributed by atoms with E-state index in [0.29, 0.717) is 36.2 Å². The number of benzene rings is 2. The molecule has 0 aromatic heterocycles. The number of carbonyl (C=O) groups is 1. The van der Waals surface area contributed by atoms with Gasteiger partial charge < -0.3 is 15.0 Å². The zero-order chi connectivity index (χ0) is 22.7. The summed E-state index contributed by atoms with van der Waals surface area (Å²) in [6, 6.07) is 13.9. The van der Waals surface area contributed by atoms with Gasteiger partial charge in [0.1, 0.15) is 0 Å². The van der Waals surface area contributed by atoms with Crippen LogP contribution in [0.15, 0.2) is 53.4 Å². The predicted octanol–water partition coefficient (Wildman–Crippen LogP) is 3.44. The lowest BCUT2D eigenvalue weighted by molar-refractivity contribution is 0.102. The zero-order valence-electron chi connectivity index (χ0n) is 18.7. The highest BCUT2D eigenvalue weighted by Gasteiger charge is 2.31. The van der Waals surface area contributed by atoms with Gasteiger partial charge in [-0.2, -0.15) is 4.31 Å². The molecular weight excluding hydrogens is 426 g/mol. The quantitative estimate of drug-likeness (QED) is 0.744. The maximum atomic E-state index is 13.0. The highest BCUT2D eigenvalue weighted by molar-refractivity contribution is 7.89. The maximum Gasteiger partial charge on any atom is 0.255 e. The van der Waals surface area contributed by atoms with E-state index in [0.717, 1.165) is 38.4 Å². The molecule has 0 radical (unpaired) electrons. The summed E-state index contributed by atoms with van der Waals surface area (Å²) in [5, 5.41) is 2.88. The lowest BCUT2D eigenvalue weighted by Crippen LogP contribution is -2.42. The van der Waals surface area contributed by atoms with Crippen molar-refractivity contribution in [1.29, 1.82) is 0 Å². The van der Waals surface area contributed by atoms with Gasteiger partial charge in [0.05, 0.1) is 18.1 Å². The van der Waals surface area contributed by atoms with Gasteiger partial charge in [0, 0.05) is 43.1 Å². The van der Waals surface area contributed by atoms with Gasteiger partial charge in [-0.1, -0.05) is 13.8 Å². The molecule has 2 atom stereocenters. The molecule has 8 heteroatoms. The number of anilines is 2. The summed E-state index contributed by atoms with van der Waals surface area (Å²) in [4.78, 5) is 15.1. The monoisotopic (exact) mass is 457 g/mol. The highest BCUT2D eigenvalue weighted by atomic mass is 32.2. The number of rotatable bonds is 5. The summed E-state index contributed by atoms with van der Waals surface area (Å²) >= 11 is 0. The number of amides is 1. The Morgan fingerprint density at radius 2 is 1.53 bits per heavy atom. The Morgan fingerprint density at radius 3 is 2.12 bits per heavy atom. The minimum Gasteiger partial charge on any atom is -0.378 e. The third-order valence-corrected chi connectivity index (χ3v) is 7.94. The number of sulfonamides is 1. The molecule has 2 aromatic rings. The molecule has 4 rings (SSSR count). The fourth-order valence-electron chi connectivity index (χ4n) is 4.51. The van der Waals surface area contributed by atoms with E-state index >= 15 is 0 Å². The Balaban J connectivity index is 1.40. The van der Waals surface area contributed by atoms with Gasteiger partial charge in [0.15, 0.2) is 0 Å². The van der Waals surface area contributed by atoms with Crippen molar-refractivity contribution >= 4 is 27.3 Å². The summed E-state index contributed by atoms with van der Waals surface area (Å²) in [6.07, 6.45) is 1.04. The van der Waals surface area contributed by atoms with Crippen LogP contribution in [0.2, 0.25) is 0 Å². The molecule has 0 saturated carbocycles. The van der Waals surface area contributed by atoms with Crippen molar-refractivity contribution in [3.63, 3.8) is 0 Å². The number of nitrogens with one attached hydrogen (secondary N) is 1. The highest BCUT2D eigenvalue weighted by Crippen LogP contribution is 2.27. The van der Waals surface area contributed by atoms with Crippen LogP contribution in [-0.2, 0) is 14.8 Å². The van der Waals surface area contributed by atoms with Crippen molar-refractivity contribution in [2.45, 2.75) is 25.2 Å². The Kier molecular flexibility index (Phi) is 6.83. The smallest absolute Gasteiger partial charge is 0.255 e. The molecule has 0 aliphatic carbocycles. The fraction of sp³-hybridized carbons (Fsp3) is 0.458. The number of nitrogens with zero attached hydrogens (tertiary/aromatic N) is 2. The van der Waals surface area contributed by atoms with E-state index in [2.05, 4.69) is 24.1 Å². The van der Waals surface area contributed by atoms with E-state index in [1.165, 1.54) is 12.1 Å². The SMILES string of the molecule is C[C@@H]1C[C@H](C)CN(S(=O)(=O)c2ccc(C(=O)Nc3ccc(N4CCOCC4)cc3)cc2)C1. The van der Waals surface area contributed by atoms with Gasteiger partial charge in [-0.15, -0.1) is 0 Å². The van der Waals surface area contributed by atoms with Gasteiger partial charge in [0.25, 0.3) is 5.91 Å². The van der Waals surface area contributed by atoms with E-state index in [9.17, 15) is 13.2 Å². The second-order valence-corrected chi connectivity index (χ2v) is 10.8. The third-order valence-electron chi connectivity index (χ3n) is 6.09. The molecule has 0 bridgehead atoms. The summed E-state index contributed by atoms with van der Waals surface area (Å²) in [5.74, 6) is 0.412. The Morgan fingerprint density at radius 1 is 0.938 bits per heavy atom. The molecule has 2 heterocycles. The normalized spacial score (nSPS) is 22.5. The summed E-state index contributed by atoms with van der Waals surface area (Å²) in [5.41, 5.74) is 2.21. The lowest BCUT2D eigenvalue weighted by atomic mass is 9.94. The first kappa shape index (κ1) is 22.8. The van der Waals surface area contributed by atoms with Crippen molar-refractivity contribution in [3.8, 4) is 0 Å². The van der Waals surface area contributed by atoms with Gasteiger partial charge in [-0.05, 0) is 66.8 Å². The minimum atomic E-state index is -3.56. The summed E-state index contributed by atoms with van der Waals surface area (Å²) < 4.78 is 33.0. The van der Waals surface area contributed by atoms with Gasteiger partial charge in [0.2, 0.25) is 10.0 Å². The van der Waals surface area contributed by atoms with Gasteiger partial charge in [-0.3, -0.25) is 4.79 Å². The van der Waals surface area contributed by atoms with E-state index in [1.807, 2.05) is 24.3 Å². The molecule has 2 fully saturated rings. The van der Waals surface area contributed by atoms with Crippen LogP contribution < -0.4 is 10.2 Å². The third kappa shape index (κ3) is 5.14. The Bertz CT molecular complexity index is 1020.